The number of nitrogens with zero attached hydrogens (tertiary/aromatic N) is 1. The summed E-state index contributed by atoms with van der Waals surface area (Å²) in [6, 6.07) is 10.8. The van der Waals surface area contributed by atoms with E-state index in [0.29, 0.717) is 6.04 Å². The molecule has 17 heavy (non-hydrogen) atoms. The fourth-order valence-corrected chi connectivity index (χ4v) is 2.51. The molecule has 0 saturated heterocycles. The van der Waals surface area contributed by atoms with Crippen LogP contribution < -0.4 is 0 Å². The number of benzene rings is 1. The lowest BCUT2D eigenvalue weighted by Crippen LogP contribution is -2.36. The van der Waals surface area contributed by atoms with Gasteiger partial charge in [-0.1, -0.05) is 42.5 Å². The van der Waals surface area contributed by atoms with Gasteiger partial charge in [-0.2, -0.15) is 0 Å². The Labute approximate surface area is 104 Å². The fraction of sp³-hybridized carbons (Fsp3) is 0.467. The van der Waals surface area contributed by atoms with E-state index in [1.54, 1.807) is 0 Å². The summed E-state index contributed by atoms with van der Waals surface area (Å²) >= 11 is 0. The number of likely N-dealkylation sites (N-methyl/N-ethyl adjacent to an activating group) is 1. The number of aliphatic hydroxyl groups is 1. The molecule has 1 aliphatic rings. The smallest absolute Gasteiger partial charge is 0.0628 e. The Morgan fingerprint density at radius 1 is 1.35 bits per heavy atom. The molecule has 1 aromatic carbocycles. The van der Waals surface area contributed by atoms with E-state index in [0.717, 1.165) is 0 Å². The molecule has 0 bridgehead atoms. The second-order valence-electron chi connectivity index (χ2n) is 4.70. The highest BCUT2D eigenvalue weighted by atomic mass is 16.3. The number of rotatable bonds is 4. The Morgan fingerprint density at radius 2 is 2.12 bits per heavy atom. The van der Waals surface area contributed by atoms with Crippen LogP contribution in [0.5, 0.6) is 0 Å². The average Bonchev–Trinajstić information content (AvgIpc) is 2.42. The lowest BCUT2D eigenvalue weighted by atomic mass is 9.98. The van der Waals surface area contributed by atoms with Gasteiger partial charge >= 0.3 is 0 Å². The molecule has 0 saturated carbocycles. The predicted molar refractivity (Wildman–Crippen MR) is 70.8 cm³/mol. The van der Waals surface area contributed by atoms with Gasteiger partial charge in [-0.15, -0.1) is 0 Å². The molecule has 0 fully saturated rings. The van der Waals surface area contributed by atoms with Crippen molar-refractivity contribution >= 4 is 0 Å². The predicted octanol–water partition coefficient (Wildman–Crippen LogP) is 2.76. The molecule has 1 aliphatic carbocycles. The van der Waals surface area contributed by atoms with Gasteiger partial charge < -0.3 is 5.11 Å². The minimum absolute atomic E-state index is 0.101. The van der Waals surface area contributed by atoms with Crippen molar-refractivity contribution in [2.75, 3.05) is 13.7 Å². The zero-order valence-corrected chi connectivity index (χ0v) is 10.4. The highest BCUT2D eigenvalue weighted by Crippen LogP contribution is 2.25. The number of allylic oxidation sites excluding steroid dienone is 1. The van der Waals surface area contributed by atoms with Gasteiger partial charge in [0.25, 0.3) is 0 Å². The minimum atomic E-state index is 0.101. The fourth-order valence-electron chi connectivity index (χ4n) is 2.51. The van der Waals surface area contributed by atoms with E-state index in [2.05, 4.69) is 36.2 Å². The molecule has 1 N–H and O–H groups in total. The maximum atomic E-state index is 9.61. The van der Waals surface area contributed by atoms with Crippen LogP contribution in [0.25, 0.3) is 0 Å². The molecule has 0 spiro atoms. The Morgan fingerprint density at radius 3 is 2.71 bits per heavy atom. The molecule has 2 rings (SSSR count). The van der Waals surface area contributed by atoms with Gasteiger partial charge in [-0.3, -0.25) is 4.90 Å². The van der Waals surface area contributed by atoms with Crippen LogP contribution in [-0.4, -0.2) is 29.7 Å². The van der Waals surface area contributed by atoms with Crippen molar-refractivity contribution in [1.29, 1.82) is 0 Å². The van der Waals surface area contributed by atoms with Gasteiger partial charge in [0, 0.05) is 6.04 Å². The van der Waals surface area contributed by atoms with E-state index in [1.165, 1.54) is 24.8 Å². The van der Waals surface area contributed by atoms with Crippen LogP contribution in [0.2, 0.25) is 0 Å². The second kappa shape index (κ2) is 5.99. The summed E-state index contributed by atoms with van der Waals surface area (Å²) < 4.78 is 0. The average molecular weight is 231 g/mol. The van der Waals surface area contributed by atoms with Crippen molar-refractivity contribution in [2.24, 2.45) is 0 Å². The molecule has 2 atom stereocenters. The van der Waals surface area contributed by atoms with Crippen LogP contribution in [0.1, 0.15) is 30.9 Å². The molecule has 0 radical (unpaired) electrons. The van der Waals surface area contributed by atoms with Crippen molar-refractivity contribution in [3.05, 3.63) is 48.0 Å². The van der Waals surface area contributed by atoms with E-state index in [9.17, 15) is 5.11 Å². The normalized spacial score (nSPS) is 21.7. The topological polar surface area (TPSA) is 23.5 Å². The Bertz CT molecular complexity index is 360. The van der Waals surface area contributed by atoms with Crippen LogP contribution in [-0.2, 0) is 0 Å². The molecule has 2 heteroatoms. The van der Waals surface area contributed by atoms with E-state index >= 15 is 0 Å². The quantitative estimate of drug-likeness (QED) is 0.805. The summed E-state index contributed by atoms with van der Waals surface area (Å²) in [5.74, 6) is 0. The van der Waals surface area contributed by atoms with Gasteiger partial charge in [0.05, 0.1) is 12.6 Å². The maximum absolute atomic E-state index is 9.61. The standard InChI is InChI=1S/C15H21NO/c1-16(14-10-6-3-7-11-14)15(12-17)13-8-4-2-5-9-13/h2,4-6,8-10,14-15,17H,3,7,11-12H2,1H3. The Kier molecular flexibility index (Phi) is 4.35. The molecule has 0 aliphatic heterocycles. The van der Waals surface area contributed by atoms with E-state index in [1.807, 2.05) is 18.2 Å². The Balaban J connectivity index is 2.12. The number of hydrogen-bond acceptors (Lipinski definition) is 2. The summed E-state index contributed by atoms with van der Waals surface area (Å²) in [6.07, 6.45) is 8.16. The molecule has 1 aromatic rings. The second-order valence-corrected chi connectivity index (χ2v) is 4.70. The van der Waals surface area contributed by atoms with Crippen LogP contribution >= 0.6 is 0 Å². The van der Waals surface area contributed by atoms with Crippen molar-refractivity contribution in [3.63, 3.8) is 0 Å². The first-order valence-electron chi connectivity index (χ1n) is 6.37. The van der Waals surface area contributed by atoms with Gasteiger partial charge in [-0.25, -0.2) is 0 Å². The van der Waals surface area contributed by atoms with Crippen molar-refractivity contribution in [1.82, 2.24) is 4.90 Å². The lowest BCUT2D eigenvalue weighted by Gasteiger charge is -2.34. The van der Waals surface area contributed by atoms with E-state index in [-0.39, 0.29) is 12.6 Å². The monoisotopic (exact) mass is 231 g/mol. The molecule has 2 unspecified atom stereocenters. The van der Waals surface area contributed by atoms with Crippen LogP contribution in [0, 0.1) is 0 Å². The first-order chi connectivity index (χ1) is 8.33. The van der Waals surface area contributed by atoms with Gasteiger partial charge in [0.1, 0.15) is 0 Å². The molecule has 0 heterocycles. The summed E-state index contributed by atoms with van der Waals surface area (Å²) in [5, 5.41) is 9.61. The van der Waals surface area contributed by atoms with Crippen molar-refractivity contribution in [2.45, 2.75) is 31.3 Å². The summed E-state index contributed by atoms with van der Waals surface area (Å²) in [4.78, 5) is 2.28. The third-order valence-corrected chi connectivity index (χ3v) is 3.60. The third-order valence-electron chi connectivity index (χ3n) is 3.60. The minimum Gasteiger partial charge on any atom is -0.394 e. The summed E-state index contributed by atoms with van der Waals surface area (Å²) in [5.41, 5.74) is 1.19. The highest BCUT2D eigenvalue weighted by Gasteiger charge is 2.22. The first kappa shape index (κ1) is 12.3. The molecular formula is C15H21NO. The van der Waals surface area contributed by atoms with Crippen molar-refractivity contribution in [3.8, 4) is 0 Å². The van der Waals surface area contributed by atoms with Crippen LogP contribution in [0.15, 0.2) is 42.5 Å². The Hall–Kier alpha value is -1.12. The zero-order chi connectivity index (χ0) is 12.1. The zero-order valence-electron chi connectivity index (χ0n) is 10.4. The van der Waals surface area contributed by atoms with Crippen LogP contribution in [0.3, 0.4) is 0 Å². The van der Waals surface area contributed by atoms with Gasteiger partial charge in [0.15, 0.2) is 0 Å². The number of hydrogen-bond donors (Lipinski definition) is 1. The van der Waals surface area contributed by atoms with Crippen molar-refractivity contribution < 1.29 is 5.11 Å². The summed E-state index contributed by atoms with van der Waals surface area (Å²) in [6.45, 7) is 0.171. The van der Waals surface area contributed by atoms with Gasteiger partial charge in [-0.05, 0) is 31.9 Å². The van der Waals surface area contributed by atoms with E-state index < -0.39 is 0 Å². The number of aliphatic hydroxyl groups excluding tert-OH is 1. The first-order valence-corrected chi connectivity index (χ1v) is 6.37. The molecular weight excluding hydrogens is 210 g/mol. The third kappa shape index (κ3) is 2.96. The lowest BCUT2D eigenvalue weighted by molar-refractivity contribution is 0.120. The van der Waals surface area contributed by atoms with Gasteiger partial charge in [0.2, 0.25) is 0 Å². The summed E-state index contributed by atoms with van der Waals surface area (Å²) in [7, 11) is 2.11. The molecule has 2 nitrogen and oxygen atoms in total. The van der Waals surface area contributed by atoms with E-state index in [4.69, 9.17) is 0 Å². The maximum Gasteiger partial charge on any atom is 0.0628 e. The highest BCUT2D eigenvalue weighted by molar-refractivity contribution is 5.19. The SMILES string of the molecule is CN(C1C=CCCC1)C(CO)c1ccccc1. The molecule has 92 valence electrons. The molecule has 0 amide bonds. The largest absolute Gasteiger partial charge is 0.394 e. The van der Waals surface area contributed by atoms with Crippen LogP contribution in [0.4, 0.5) is 0 Å². The molecule has 0 aromatic heterocycles.